The van der Waals surface area contributed by atoms with Crippen molar-refractivity contribution in [3.8, 4) is 0 Å². The lowest BCUT2D eigenvalue weighted by molar-refractivity contribution is 0.159. The molecule has 2 rings (SSSR count). The molecular formula is C8H9N3O4. The van der Waals surface area contributed by atoms with Gasteiger partial charge >= 0.3 is 6.09 Å². The highest BCUT2D eigenvalue weighted by atomic mass is 16.6. The zero-order valence-electron chi connectivity index (χ0n) is 7.79. The fraction of sp³-hybridized carbons (Fsp3) is 0.375. The molecule has 1 N–H and O–H groups in total. The Morgan fingerprint density at radius 3 is 3.07 bits per heavy atom. The van der Waals surface area contributed by atoms with Gasteiger partial charge in [0.25, 0.3) is 0 Å². The highest BCUT2D eigenvalue weighted by Crippen LogP contribution is 2.11. The Morgan fingerprint density at radius 2 is 2.47 bits per heavy atom. The number of carbonyl (C=O) groups excluding carboxylic acids is 1. The van der Waals surface area contributed by atoms with E-state index in [4.69, 9.17) is 9.94 Å². The van der Waals surface area contributed by atoms with Crippen molar-refractivity contribution in [1.82, 2.24) is 5.01 Å². The summed E-state index contributed by atoms with van der Waals surface area (Å²) in [4.78, 5) is 11.0. The third kappa shape index (κ3) is 2.06. The number of cyclic esters (lactones) is 1. The van der Waals surface area contributed by atoms with Crippen LogP contribution in [-0.4, -0.2) is 41.6 Å². The number of hydrogen-bond acceptors (Lipinski definition) is 6. The van der Waals surface area contributed by atoms with E-state index < -0.39 is 6.09 Å². The van der Waals surface area contributed by atoms with Crippen LogP contribution in [0.5, 0.6) is 0 Å². The van der Waals surface area contributed by atoms with Crippen LogP contribution >= 0.6 is 0 Å². The summed E-state index contributed by atoms with van der Waals surface area (Å²) in [5, 5.41) is 16.4. The van der Waals surface area contributed by atoms with E-state index in [0.717, 1.165) is 0 Å². The second-order valence-electron chi connectivity index (χ2n) is 2.89. The number of allylic oxidation sites excluding steroid dienone is 1. The van der Waals surface area contributed by atoms with E-state index in [1.807, 2.05) is 0 Å². The molecule has 0 spiro atoms. The Morgan fingerprint density at radius 1 is 1.60 bits per heavy atom. The molecule has 2 heterocycles. The highest BCUT2D eigenvalue weighted by Gasteiger charge is 2.21. The number of hydrazone groups is 1. The Labute approximate surface area is 85.3 Å². The van der Waals surface area contributed by atoms with Crippen LogP contribution in [0.1, 0.15) is 6.42 Å². The van der Waals surface area contributed by atoms with E-state index >= 15 is 0 Å². The maximum absolute atomic E-state index is 11.0. The minimum atomic E-state index is -0.471. The maximum atomic E-state index is 11.0. The smallest absolute Gasteiger partial charge is 0.430 e. The average molecular weight is 211 g/mol. The normalized spacial score (nSPS) is 23.5. The van der Waals surface area contributed by atoms with Gasteiger partial charge in [-0.25, -0.2) is 4.79 Å². The Kier molecular flexibility index (Phi) is 2.53. The fourth-order valence-electron chi connectivity index (χ4n) is 1.16. The topological polar surface area (TPSA) is 83.7 Å². The lowest BCUT2D eigenvalue weighted by Crippen LogP contribution is -2.17. The number of rotatable bonds is 2. The molecule has 0 aromatic heterocycles. The standard InChI is InChI=1S/C8H9N3O4/c12-8-11(3-4-14-8)9-5-6-1-2-7(10-13)15-6/h1,5,13H,2-4H2/b9-5+,10-7-. The SMILES string of the molecule is O=C1OCCN1/N=C/C1=CC/C(=N/O)O1. The summed E-state index contributed by atoms with van der Waals surface area (Å²) in [7, 11) is 0. The first-order valence-electron chi connectivity index (χ1n) is 4.37. The van der Waals surface area contributed by atoms with Gasteiger partial charge < -0.3 is 14.7 Å². The van der Waals surface area contributed by atoms with Gasteiger partial charge in [0.2, 0.25) is 5.90 Å². The summed E-state index contributed by atoms with van der Waals surface area (Å²) in [5.41, 5.74) is 0. The van der Waals surface area contributed by atoms with Gasteiger partial charge in [-0.2, -0.15) is 10.1 Å². The maximum Gasteiger partial charge on any atom is 0.430 e. The molecule has 2 aliphatic rings. The zero-order valence-corrected chi connectivity index (χ0v) is 7.79. The molecule has 0 atom stereocenters. The van der Waals surface area contributed by atoms with E-state index in [2.05, 4.69) is 15.0 Å². The minimum absolute atomic E-state index is 0.209. The summed E-state index contributed by atoms with van der Waals surface area (Å²) in [6.45, 7) is 0.781. The molecule has 1 fully saturated rings. The van der Waals surface area contributed by atoms with E-state index in [1.165, 1.54) is 11.2 Å². The Hall–Kier alpha value is -2.05. The van der Waals surface area contributed by atoms with Gasteiger partial charge in [0.1, 0.15) is 12.4 Å². The van der Waals surface area contributed by atoms with Gasteiger partial charge in [-0.1, -0.05) is 5.16 Å². The van der Waals surface area contributed by atoms with Crippen LogP contribution in [-0.2, 0) is 9.47 Å². The van der Waals surface area contributed by atoms with Crippen LogP contribution in [0.25, 0.3) is 0 Å². The predicted molar refractivity (Wildman–Crippen MR) is 49.6 cm³/mol. The van der Waals surface area contributed by atoms with Crippen molar-refractivity contribution >= 4 is 18.2 Å². The molecule has 1 saturated heterocycles. The first-order chi connectivity index (χ1) is 7.29. The molecule has 7 nitrogen and oxygen atoms in total. The summed E-state index contributed by atoms with van der Waals surface area (Å²) >= 11 is 0. The van der Waals surface area contributed by atoms with Crippen LogP contribution in [0.4, 0.5) is 4.79 Å². The molecule has 0 saturated carbocycles. The second kappa shape index (κ2) is 3.99. The summed E-state index contributed by atoms with van der Waals surface area (Å²) in [5.74, 6) is 0.656. The first-order valence-corrected chi connectivity index (χ1v) is 4.37. The zero-order chi connectivity index (χ0) is 10.7. The monoisotopic (exact) mass is 211 g/mol. The number of amides is 1. The van der Waals surface area contributed by atoms with E-state index in [9.17, 15) is 4.79 Å². The van der Waals surface area contributed by atoms with Crippen molar-refractivity contribution in [2.75, 3.05) is 13.2 Å². The van der Waals surface area contributed by atoms with E-state index in [1.54, 1.807) is 6.08 Å². The van der Waals surface area contributed by atoms with Crippen LogP contribution in [0.3, 0.4) is 0 Å². The average Bonchev–Trinajstić information content (AvgIpc) is 2.84. The van der Waals surface area contributed by atoms with Crippen molar-refractivity contribution in [2.24, 2.45) is 10.3 Å². The third-order valence-corrected chi connectivity index (χ3v) is 1.89. The molecule has 15 heavy (non-hydrogen) atoms. The molecule has 0 radical (unpaired) electrons. The molecule has 2 aliphatic heterocycles. The van der Waals surface area contributed by atoms with Gasteiger partial charge in [0.15, 0.2) is 0 Å². The number of carbonyl (C=O) groups is 1. The molecule has 0 unspecified atom stereocenters. The third-order valence-electron chi connectivity index (χ3n) is 1.89. The van der Waals surface area contributed by atoms with Gasteiger partial charge in [-0.05, 0) is 6.08 Å². The number of oxime groups is 1. The van der Waals surface area contributed by atoms with Crippen LogP contribution in [0.15, 0.2) is 22.1 Å². The van der Waals surface area contributed by atoms with Crippen molar-refractivity contribution in [3.63, 3.8) is 0 Å². The highest BCUT2D eigenvalue weighted by molar-refractivity contribution is 5.89. The molecule has 7 heteroatoms. The predicted octanol–water partition coefficient (Wildman–Crippen LogP) is 0.516. The number of nitrogens with zero attached hydrogens (tertiary/aromatic N) is 3. The molecule has 0 aromatic rings. The lowest BCUT2D eigenvalue weighted by Gasteiger charge is -2.03. The summed E-state index contributed by atoms with van der Waals surface area (Å²) < 4.78 is 9.71. The van der Waals surface area contributed by atoms with Gasteiger partial charge in [0.05, 0.1) is 12.8 Å². The molecule has 0 aliphatic carbocycles. The number of ether oxygens (including phenoxy) is 2. The quantitative estimate of drug-likeness (QED) is 0.410. The Bertz CT molecular complexity index is 361. The minimum Gasteiger partial charge on any atom is -0.446 e. The summed E-state index contributed by atoms with van der Waals surface area (Å²) in [6, 6.07) is 0. The summed E-state index contributed by atoms with van der Waals surface area (Å²) in [6.07, 6.45) is 3.02. The number of hydrogen-bond donors (Lipinski definition) is 1. The van der Waals surface area contributed by atoms with E-state index in [0.29, 0.717) is 25.3 Å². The van der Waals surface area contributed by atoms with Crippen LogP contribution in [0.2, 0.25) is 0 Å². The second-order valence-corrected chi connectivity index (χ2v) is 2.89. The molecule has 0 aromatic carbocycles. The molecule has 80 valence electrons. The van der Waals surface area contributed by atoms with Crippen molar-refractivity contribution in [2.45, 2.75) is 6.42 Å². The van der Waals surface area contributed by atoms with E-state index in [-0.39, 0.29) is 5.90 Å². The van der Waals surface area contributed by atoms with Crippen LogP contribution in [0, 0.1) is 0 Å². The van der Waals surface area contributed by atoms with Gasteiger partial charge in [-0.3, -0.25) is 0 Å². The van der Waals surface area contributed by atoms with Crippen LogP contribution < -0.4 is 0 Å². The van der Waals surface area contributed by atoms with Crippen molar-refractivity contribution in [3.05, 3.63) is 11.8 Å². The molecule has 1 amide bonds. The molecule has 0 bridgehead atoms. The lowest BCUT2D eigenvalue weighted by atomic mass is 10.4. The Balaban J connectivity index is 1.92. The van der Waals surface area contributed by atoms with Crippen molar-refractivity contribution in [1.29, 1.82) is 0 Å². The molecular weight excluding hydrogens is 202 g/mol. The first kappa shape index (κ1) is 9.50. The largest absolute Gasteiger partial charge is 0.446 e. The van der Waals surface area contributed by atoms with Gasteiger partial charge in [0, 0.05) is 6.42 Å². The van der Waals surface area contributed by atoms with Crippen molar-refractivity contribution < 1.29 is 19.5 Å². The fourth-order valence-corrected chi connectivity index (χ4v) is 1.16. The van der Waals surface area contributed by atoms with Gasteiger partial charge in [-0.15, -0.1) is 0 Å².